The predicted molar refractivity (Wildman–Crippen MR) is 187 cm³/mol. The molecule has 3 amide bonds. The summed E-state index contributed by atoms with van der Waals surface area (Å²) in [5.41, 5.74) is -0.415. The minimum absolute atomic E-state index is 0.0711. The molecule has 1 aromatic carbocycles. The van der Waals surface area contributed by atoms with Gasteiger partial charge >= 0.3 is 5.97 Å². The molecule has 1 spiro atoms. The number of halogens is 1. The molecule has 1 aromatic rings. The van der Waals surface area contributed by atoms with Crippen molar-refractivity contribution in [2.45, 2.75) is 106 Å². The van der Waals surface area contributed by atoms with Gasteiger partial charge in [0.25, 0.3) is 0 Å². The van der Waals surface area contributed by atoms with Crippen LogP contribution in [0.25, 0.3) is 0 Å². The highest BCUT2D eigenvalue weighted by Crippen LogP contribution is 2.60. The van der Waals surface area contributed by atoms with E-state index in [9.17, 15) is 24.3 Å². The van der Waals surface area contributed by atoms with Crippen molar-refractivity contribution in [2.75, 3.05) is 26.3 Å². The van der Waals surface area contributed by atoms with E-state index in [1.165, 1.54) is 0 Å². The summed E-state index contributed by atoms with van der Waals surface area (Å²) in [5, 5.41) is 12.3. The molecule has 2 N–H and O–H groups in total. The number of hydrogen-bond acceptors (Lipinski definition) is 7. The van der Waals surface area contributed by atoms with E-state index >= 15 is 0 Å². The molecule has 264 valence electrons. The van der Waals surface area contributed by atoms with E-state index < -0.39 is 41.6 Å². The molecule has 3 aliphatic rings. The third kappa shape index (κ3) is 8.05. The lowest BCUT2D eigenvalue weighted by Crippen LogP contribution is -2.58. The number of ether oxygens (including phenoxy) is 2. The van der Waals surface area contributed by atoms with Crippen molar-refractivity contribution in [3.8, 4) is 0 Å². The van der Waals surface area contributed by atoms with E-state index in [2.05, 4.69) is 41.3 Å². The van der Waals surface area contributed by atoms with Gasteiger partial charge in [0.2, 0.25) is 17.7 Å². The Bertz CT molecular complexity index is 1290. The predicted octanol–water partition coefficient (Wildman–Crippen LogP) is 4.86. The number of fused-ring (bicyclic) bond motifs is 1. The third-order valence-corrected chi connectivity index (χ3v) is 10.8. The van der Waals surface area contributed by atoms with Gasteiger partial charge in [-0.2, -0.15) is 0 Å². The topological polar surface area (TPSA) is 125 Å². The quantitative estimate of drug-likeness (QED) is 0.0851. The summed E-state index contributed by atoms with van der Waals surface area (Å²) < 4.78 is 12.3. The van der Waals surface area contributed by atoms with Crippen LogP contribution in [0, 0.1) is 11.8 Å². The normalized spacial score (nSPS) is 26.9. The third-order valence-electron chi connectivity index (χ3n) is 9.96. The highest BCUT2D eigenvalue weighted by molar-refractivity contribution is 9.09. The zero-order valence-corrected chi connectivity index (χ0v) is 29.9. The molecular formula is C37H52BrN3O7. The Morgan fingerprint density at radius 2 is 1.92 bits per heavy atom. The van der Waals surface area contributed by atoms with Gasteiger partial charge in [0.1, 0.15) is 18.2 Å². The highest BCUT2D eigenvalue weighted by atomic mass is 79.9. The Balaban J connectivity index is 1.66. The van der Waals surface area contributed by atoms with Gasteiger partial charge in [-0.3, -0.25) is 19.2 Å². The number of aliphatic hydroxyl groups is 1. The second-order valence-electron chi connectivity index (χ2n) is 13.2. The lowest BCUT2D eigenvalue weighted by molar-refractivity contribution is -0.149. The van der Waals surface area contributed by atoms with E-state index in [-0.39, 0.29) is 48.2 Å². The Hall–Kier alpha value is -3.02. The second-order valence-corrected chi connectivity index (χ2v) is 14.4. The molecule has 8 atom stereocenters. The Morgan fingerprint density at radius 3 is 2.58 bits per heavy atom. The average molecular weight is 731 g/mol. The van der Waals surface area contributed by atoms with Gasteiger partial charge in [-0.1, -0.05) is 84.6 Å². The number of benzene rings is 1. The molecule has 0 saturated carbocycles. The molecule has 3 saturated heterocycles. The number of likely N-dealkylation sites (tertiary alicyclic amines) is 1. The maximum atomic E-state index is 14.6. The second kappa shape index (κ2) is 17.6. The number of nitrogens with one attached hydrogen (secondary N) is 1. The van der Waals surface area contributed by atoms with Gasteiger partial charge in [-0.15, -0.1) is 13.2 Å². The molecule has 2 unspecified atom stereocenters. The van der Waals surface area contributed by atoms with E-state index in [4.69, 9.17) is 9.47 Å². The lowest BCUT2D eigenvalue weighted by atomic mass is 9.70. The zero-order chi connectivity index (χ0) is 34.8. The molecule has 3 fully saturated rings. The largest absolute Gasteiger partial charge is 0.463 e. The monoisotopic (exact) mass is 729 g/mol. The number of esters is 1. The maximum Gasteiger partial charge on any atom is 0.306 e. The Morgan fingerprint density at radius 1 is 1.19 bits per heavy atom. The van der Waals surface area contributed by atoms with Gasteiger partial charge in [-0.05, 0) is 44.6 Å². The van der Waals surface area contributed by atoms with Crippen molar-refractivity contribution in [1.82, 2.24) is 15.1 Å². The summed E-state index contributed by atoms with van der Waals surface area (Å²) in [6.07, 6.45) is 8.47. The van der Waals surface area contributed by atoms with Gasteiger partial charge < -0.3 is 29.7 Å². The van der Waals surface area contributed by atoms with Crippen LogP contribution in [0.1, 0.15) is 83.2 Å². The van der Waals surface area contributed by atoms with E-state index in [0.717, 1.165) is 31.2 Å². The number of rotatable bonds is 20. The molecule has 11 heteroatoms. The molecular weight excluding hydrogens is 678 g/mol. The summed E-state index contributed by atoms with van der Waals surface area (Å²) in [4.78, 5) is 59.1. The highest BCUT2D eigenvalue weighted by Gasteiger charge is 2.76. The van der Waals surface area contributed by atoms with E-state index in [0.29, 0.717) is 38.8 Å². The standard InChI is InChI=1S/C37H52BrN3O7/c1-5-8-19-29(43)47-24-28(26-17-12-11-13-18-26)39-34(44)30-31-35(45)41(21-14-9-10-15-22-42)33(37(31)23-27(38)32(30)48-37)36(46)40(20-7-3)25(4)16-6-2/h5,7,11-13,17-18,25,27-28,30-33,42H,1,3,6,8-10,14-16,19-24H2,2,4H3,(H,39,44)/t25?,27?,28-,30+,31-,32+,33+,37-/m0/s1. The van der Waals surface area contributed by atoms with E-state index in [1.54, 1.807) is 22.0 Å². The number of carbonyl (C=O) groups excluding carboxylic acids is 4. The molecule has 0 radical (unpaired) electrons. The zero-order valence-electron chi connectivity index (χ0n) is 28.4. The Labute approximate surface area is 293 Å². The van der Waals surface area contributed by atoms with Crippen LogP contribution in [0.15, 0.2) is 55.6 Å². The number of aliphatic hydroxyl groups excluding tert-OH is 1. The number of alkyl halides is 1. The van der Waals surface area contributed by atoms with Gasteiger partial charge in [0.05, 0.1) is 24.0 Å². The number of amides is 3. The van der Waals surface area contributed by atoms with Crippen molar-refractivity contribution in [1.29, 1.82) is 0 Å². The first-order chi connectivity index (χ1) is 23.1. The fraction of sp³-hybridized carbons (Fsp3) is 0.622. The van der Waals surface area contributed by atoms with Crippen LogP contribution in [-0.4, -0.2) is 93.5 Å². The number of unbranched alkanes of at least 4 members (excludes halogenated alkanes) is 3. The van der Waals surface area contributed by atoms with E-state index in [1.807, 2.05) is 37.3 Å². The van der Waals surface area contributed by atoms with Crippen molar-refractivity contribution in [2.24, 2.45) is 11.8 Å². The van der Waals surface area contributed by atoms with Crippen LogP contribution >= 0.6 is 15.9 Å². The van der Waals surface area contributed by atoms with Crippen molar-refractivity contribution in [3.63, 3.8) is 0 Å². The number of carbonyl (C=O) groups is 4. The van der Waals surface area contributed by atoms with Crippen LogP contribution < -0.4 is 5.32 Å². The Kier molecular flexibility index (Phi) is 13.8. The molecule has 0 aromatic heterocycles. The molecule has 3 heterocycles. The molecule has 48 heavy (non-hydrogen) atoms. The first-order valence-electron chi connectivity index (χ1n) is 17.4. The minimum Gasteiger partial charge on any atom is -0.463 e. The van der Waals surface area contributed by atoms with Crippen LogP contribution in [0.4, 0.5) is 0 Å². The van der Waals surface area contributed by atoms with Crippen molar-refractivity contribution in [3.05, 3.63) is 61.2 Å². The molecule has 0 aliphatic carbocycles. The molecule has 3 aliphatic heterocycles. The summed E-state index contributed by atoms with van der Waals surface area (Å²) in [6.45, 7) is 12.4. The van der Waals surface area contributed by atoms with Crippen LogP contribution in [-0.2, 0) is 28.7 Å². The number of allylic oxidation sites excluding steroid dienone is 1. The first kappa shape index (κ1) is 37.8. The summed E-state index contributed by atoms with van der Waals surface area (Å²) >= 11 is 3.76. The summed E-state index contributed by atoms with van der Waals surface area (Å²) in [6, 6.07) is 7.67. The summed E-state index contributed by atoms with van der Waals surface area (Å²) in [7, 11) is 0. The van der Waals surface area contributed by atoms with Crippen LogP contribution in [0.2, 0.25) is 0 Å². The maximum absolute atomic E-state index is 14.6. The van der Waals surface area contributed by atoms with Crippen LogP contribution in [0.5, 0.6) is 0 Å². The van der Waals surface area contributed by atoms with Crippen molar-refractivity contribution < 1.29 is 33.8 Å². The molecule has 4 rings (SSSR count). The van der Waals surface area contributed by atoms with Gasteiger partial charge in [0, 0.05) is 37.0 Å². The smallest absolute Gasteiger partial charge is 0.306 e. The van der Waals surface area contributed by atoms with Gasteiger partial charge in [0.15, 0.2) is 0 Å². The fourth-order valence-electron chi connectivity index (χ4n) is 7.70. The lowest BCUT2D eigenvalue weighted by Gasteiger charge is -2.39. The average Bonchev–Trinajstić information content (AvgIpc) is 3.67. The fourth-order valence-corrected chi connectivity index (χ4v) is 8.64. The molecule has 2 bridgehead atoms. The van der Waals surface area contributed by atoms with Gasteiger partial charge in [-0.25, -0.2) is 0 Å². The van der Waals surface area contributed by atoms with Crippen LogP contribution in [0.3, 0.4) is 0 Å². The SMILES string of the molecule is C=CCCC(=O)OC[C@H](NC(=O)[C@H]1[C@@H]2O[C@@]3(CC2Br)[C@@H]1C(=O)N(CCCCCCO)[C@@H]3C(=O)N(CC=C)C(C)CCC)c1ccccc1. The minimum atomic E-state index is -1.18. The number of hydrogen-bond donors (Lipinski definition) is 2. The molecule has 10 nitrogen and oxygen atoms in total. The summed E-state index contributed by atoms with van der Waals surface area (Å²) in [5.74, 6) is -2.89. The first-order valence-corrected chi connectivity index (χ1v) is 18.3. The van der Waals surface area contributed by atoms with Crippen molar-refractivity contribution >= 4 is 39.6 Å². The number of nitrogens with zero attached hydrogens (tertiary/aromatic N) is 2.